The summed E-state index contributed by atoms with van der Waals surface area (Å²) in [4.78, 5) is 12.8. The van der Waals surface area contributed by atoms with Crippen molar-refractivity contribution in [1.82, 2.24) is 0 Å². The van der Waals surface area contributed by atoms with E-state index in [1.54, 1.807) is 0 Å². The maximum atomic E-state index is 12.8. The summed E-state index contributed by atoms with van der Waals surface area (Å²) in [6, 6.07) is 26.9. The molecule has 0 aliphatic rings. The van der Waals surface area contributed by atoms with Gasteiger partial charge in [0.15, 0.2) is 5.75 Å². The minimum absolute atomic E-state index is 0.0298. The Labute approximate surface area is 148 Å². The van der Waals surface area contributed by atoms with E-state index in [-0.39, 0.29) is 11.8 Å². The Bertz CT molecular complexity index is 816. The minimum atomic E-state index is -0.189. The Morgan fingerprint density at radius 3 is 2.16 bits per heavy atom. The zero-order valence-corrected chi connectivity index (χ0v) is 14.2. The smallest absolute Gasteiger partial charge is 0.232 e. The Kier molecular flexibility index (Phi) is 5.47. The van der Waals surface area contributed by atoms with E-state index in [1.165, 1.54) is 0 Å². The average Bonchev–Trinajstić information content (AvgIpc) is 2.66. The average molecular weight is 331 g/mol. The van der Waals surface area contributed by atoms with Gasteiger partial charge in [-0.25, -0.2) is 0 Å². The van der Waals surface area contributed by atoms with E-state index in [0.29, 0.717) is 11.4 Å². The predicted molar refractivity (Wildman–Crippen MR) is 101 cm³/mol. The number of amides is 1. The highest BCUT2D eigenvalue weighted by Crippen LogP contribution is 2.30. The van der Waals surface area contributed by atoms with E-state index in [2.05, 4.69) is 5.32 Å². The number of hydrogen-bond acceptors (Lipinski definition) is 2. The molecule has 0 saturated heterocycles. The van der Waals surface area contributed by atoms with Crippen molar-refractivity contribution in [3.05, 3.63) is 90.5 Å². The van der Waals surface area contributed by atoms with E-state index < -0.39 is 0 Å². The lowest BCUT2D eigenvalue weighted by Gasteiger charge is -2.17. The van der Waals surface area contributed by atoms with Crippen LogP contribution in [0.1, 0.15) is 24.8 Å². The number of carbonyl (C=O) groups is 1. The van der Waals surface area contributed by atoms with Crippen LogP contribution in [0, 0.1) is 0 Å². The summed E-state index contributed by atoms with van der Waals surface area (Å²) in [5.41, 5.74) is 1.69. The van der Waals surface area contributed by atoms with Gasteiger partial charge in [0.1, 0.15) is 5.75 Å². The van der Waals surface area contributed by atoms with Crippen LogP contribution in [0.3, 0.4) is 0 Å². The highest BCUT2D eigenvalue weighted by molar-refractivity contribution is 5.97. The molecule has 0 fully saturated rings. The number of carbonyl (C=O) groups excluding carboxylic acids is 1. The zero-order valence-electron chi connectivity index (χ0n) is 14.2. The second kappa shape index (κ2) is 8.15. The molecule has 0 unspecified atom stereocenters. The van der Waals surface area contributed by atoms with Crippen LogP contribution in [0.2, 0.25) is 0 Å². The monoisotopic (exact) mass is 331 g/mol. The van der Waals surface area contributed by atoms with Crippen LogP contribution in [-0.2, 0) is 4.79 Å². The summed E-state index contributed by atoms with van der Waals surface area (Å²) >= 11 is 0. The fourth-order valence-corrected chi connectivity index (χ4v) is 2.75. The minimum Gasteiger partial charge on any atom is -0.455 e. The normalized spacial score (nSPS) is 11.6. The molecule has 0 spiro atoms. The van der Waals surface area contributed by atoms with Gasteiger partial charge in [0.05, 0.1) is 11.6 Å². The number of benzene rings is 3. The molecule has 3 nitrogen and oxygen atoms in total. The number of nitrogens with one attached hydrogen (secondary N) is 1. The third-order valence-electron chi connectivity index (χ3n) is 4.04. The van der Waals surface area contributed by atoms with Crippen LogP contribution in [0.25, 0.3) is 0 Å². The van der Waals surface area contributed by atoms with Crippen LogP contribution in [0.4, 0.5) is 5.69 Å². The first-order chi connectivity index (χ1) is 12.3. The van der Waals surface area contributed by atoms with Gasteiger partial charge in [0.2, 0.25) is 5.91 Å². The lowest BCUT2D eigenvalue weighted by atomic mass is 9.95. The molecular weight excluding hydrogens is 310 g/mol. The van der Waals surface area contributed by atoms with Crippen molar-refractivity contribution in [2.45, 2.75) is 19.3 Å². The molecule has 0 radical (unpaired) electrons. The Balaban J connectivity index is 1.79. The van der Waals surface area contributed by atoms with Crippen molar-refractivity contribution in [3.63, 3.8) is 0 Å². The van der Waals surface area contributed by atoms with Crippen molar-refractivity contribution in [3.8, 4) is 11.5 Å². The van der Waals surface area contributed by atoms with Gasteiger partial charge in [0.25, 0.3) is 0 Å². The first-order valence-corrected chi connectivity index (χ1v) is 8.45. The number of anilines is 1. The van der Waals surface area contributed by atoms with E-state index in [0.717, 1.165) is 17.7 Å². The molecule has 1 atom stereocenters. The van der Waals surface area contributed by atoms with Crippen LogP contribution in [0.5, 0.6) is 11.5 Å². The number of hydrogen-bond donors (Lipinski definition) is 1. The summed E-state index contributed by atoms with van der Waals surface area (Å²) < 4.78 is 5.91. The van der Waals surface area contributed by atoms with Crippen LogP contribution in [0.15, 0.2) is 84.9 Å². The van der Waals surface area contributed by atoms with Gasteiger partial charge in [-0.15, -0.1) is 0 Å². The Morgan fingerprint density at radius 2 is 1.48 bits per heavy atom. The predicted octanol–water partition coefficient (Wildman–Crippen LogP) is 5.61. The molecule has 0 bridgehead atoms. The van der Waals surface area contributed by atoms with Crippen molar-refractivity contribution < 1.29 is 9.53 Å². The summed E-state index contributed by atoms with van der Waals surface area (Å²) in [7, 11) is 0. The molecule has 0 aromatic heterocycles. The fraction of sp³-hybridized carbons (Fsp3) is 0.136. The number of rotatable bonds is 6. The van der Waals surface area contributed by atoms with Gasteiger partial charge in [-0.3, -0.25) is 4.79 Å². The van der Waals surface area contributed by atoms with E-state index in [4.69, 9.17) is 4.74 Å². The molecule has 0 aliphatic heterocycles. The number of para-hydroxylation sites is 3. The Morgan fingerprint density at radius 1 is 0.880 bits per heavy atom. The SMILES string of the molecule is CC[C@@H](C(=O)Nc1ccccc1Oc1ccccc1)c1ccccc1. The highest BCUT2D eigenvalue weighted by atomic mass is 16.5. The van der Waals surface area contributed by atoms with Gasteiger partial charge >= 0.3 is 0 Å². The van der Waals surface area contributed by atoms with E-state index >= 15 is 0 Å². The van der Waals surface area contributed by atoms with Gasteiger partial charge in [-0.1, -0.05) is 67.6 Å². The molecule has 3 heteroatoms. The van der Waals surface area contributed by atoms with Crippen molar-refractivity contribution in [2.75, 3.05) is 5.32 Å². The molecule has 25 heavy (non-hydrogen) atoms. The molecule has 0 heterocycles. The summed E-state index contributed by atoms with van der Waals surface area (Å²) in [6.07, 6.45) is 0.734. The van der Waals surface area contributed by atoms with Crippen LogP contribution < -0.4 is 10.1 Å². The first-order valence-electron chi connectivity index (χ1n) is 8.45. The quantitative estimate of drug-likeness (QED) is 0.637. The molecule has 0 aliphatic carbocycles. The van der Waals surface area contributed by atoms with Crippen molar-refractivity contribution >= 4 is 11.6 Å². The van der Waals surface area contributed by atoms with Gasteiger partial charge in [-0.2, -0.15) is 0 Å². The molecule has 126 valence electrons. The molecule has 1 N–H and O–H groups in total. The maximum absolute atomic E-state index is 12.8. The molecule has 3 aromatic rings. The fourth-order valence-electron chi connectivity index (χ4n) is 2.75. The highest BCUT2D eigenvalue weighted by Gasteiger charge is 2.19. The van der Waals surface area contributed by atoms with Crippen molar-refractivity contribution in [1.29, 1.82) is 0 Å². The van der Waals surface area contributed by atoms with Crippen LogP contribution >= 0.6 is 0 Å². The van der Waals surface area contributed by atoms with Crippen LogP contribution in [-0.4, -0.2) is 5.91 Å². The molecule has 3 aromatic carbocycles. The summed E-state index contributed by atoms with van der Waals surface area (Å²) in [5.74, 6) is 1.15. The van der Waals surface area contributed by atoms with Crippen molar-refractivity contribution in [2.24, 2.45) is 0 Å². The molecular formula is C22H21NO2. The van der Waals surface area contributed by atoms with E-state index in [1.807, 2.05) is 91.9 Å². The standard InChI is InChI=1S/C22H21NO2/c1-2-19(17-11-5-3-6-12-17)22(24)23-20-15-9-10-16-21(20)25-18-13-7-4-8-14-18/h3-16,19H,2H2,1H3,(H,23,24)/t19-/m1/s1. The summed E-state index contributed by atoms with van der Waals surface area (Å²) in [5, 5.41) is 3.02. The lowest BCUT2D eigenvalue weighted by Crippen LogP contribution is -2.21. The second-order valence-corrected chi connectivity index (χ2v) is 5.77. The third-order valence-corrected chi connectivity index (χ3v) is 4.04. The third kappa shape index (κ3) is 4.27. The second-order valence-electron chi connectivity index (χ2n) is 5.77. The van der Waals surface area contributed by atoms with E-state index in [9.17, 15) is 4.79 Å². The first kappa shape index (κ1) is 16.8. The largest absolute Gasteiger partial charge is 0.455 e. The molecule has 3 rings (SSSR count). The zero-order chi connectivity index (χ0) is 17.5. The van der Waals surface area contributed by atoms with Gasteiger partial charge in [-0.05, 0) is 36.2 Å². The molecule has 0 saturated carbocycles. The lowest BCUT2D eigenvalue weighted by molar-refractivity contribution is -0.117. The molecule has 1 amide bonds. The number of ether oxygens (including phenoxy) is 1. The van der Waals surface area contributed by atoms with Gasteiger partial charge < -0.3 is 10.1 Å². The Hall–Kier alpha value is -3.07. The summed E-state index contributed by atoms with van der Waals surface area (Å²) in [6.45, 7) is 2.02. The van der Waals surface area contributed by atoms with Gasteiger partial charge in [0, 0.05) is 0 Å². The maximum Gasteiger partial charge on any atom is 0.232 e. The topological polar surface area (TPSA) is 38.3 Å².